The Morgan fingerprint density at radius 3 is 2.46 bits per heavy atom. The third-order valence-electron chi connectivity index (χ3n) is 4.84. The Bertz CT molecular complexity index is 975. The molecule has 142 valence electrons. The third kappa shape index (κ3) is 4.11. The molecule has 1 saturated carbocycles. The SMILES string of the molecule is CC(NC(=O)c1cnn(-c2ccccc2)c1)c1ccc(NC(=O)C2CC2)cc1. The summed E-state index contributed by atoms with van der Waals surface area (Å²) in [5.74, 6) is 0.0833. The second-order valence-electron chi connectivity index (χ2n) is 7.09. The molecule has 1 atom stereocenters. The molecule has 6 nitrogen and oxygen atoms in total. The van der Waals surface area contributed by atoms with Gasteiger partial charge in [0.05, 0.1) is 23.5 Å². The normalized spacial score (nSPS) is 14.3. The fourth-order valence-corrected chi connectivity index (χ4v) is 2.97. The number of hydrogen-bond donors (Lipinski definition) is 2. The molecule has 1 aliphatic rings. The van der Waals surface area contributed by atoms with Gasteiger partial charge in [-0.05, 0) is 49.6 Å². The van der Waals surface area contributed by atoms with Gasteiger partial charge >= 0.3 is 0 Å². The van der Waals surface area contributed by atoms with Gasteiger partial charge in [-0.2, -0.15) is 5.10 Å². The first-order chi connectivity index (χ1) is 13.6. The predicted octanol–water partition coefficient (Wildman–Crippen LogP) is 3.71. The van der Waals surface area contributed by atoms with Gasteiger partial charge in [-0.25, -0.2) is 4.68 Å². The molecule has 1 fully saturated rings. The van der Waals surface area contributed by atoms with E-state index in [0.717, 1.165) is 29.8 Å². The van der Waals surface area contributed by atoms with Crippen LogP contribution in [0.3, 0.4) is 0 Å². The molecule has 0 aliphatic heterocycles. The standard InChI is InChI=1S/C22H22N4O2/c1-15(16-9-11-19(12-10-16)25-21(27)17-7-8-17)24-22(28)18-13-23-26(14-18)20-5-3-2-4-6-20/h2-6,9-15,17H,7-8H2,1H3,(H,24,28)(H,25,27). The molecule has 2 aromatic carbocycles. The molecule has 1 aliphatic carbocycles. The number of para-hydroxylation sites is 1. The molecule has 1 heterocycles. The van der Waals surface area contributed by atoms with E-state index in [1.54, 1.807) is 17.1 Å². The second kappa shape index (κ2) is 7.68. The smallest absolute Gasteiger partial charge is 0.254 e. The van der Waals surface area contributed by atoms with Crippen LogP contribution in [0.4, 0.5) is 5.69 Å². The summed E-state index contributed by atoms with van der Waals surface area (Å²) < 4.78 is 1.68. The van der Waals surface area contributed by atoms with Crippen molar-refractivity contribution in [2.45, 2.75) is 25.8 Å². The van der Waals surface area contributed by atoms with Crippen LogP contribution in [-0.4, -0.2) is 21.6 Å². The highest BCUT2D eigenvalue weighted by Crippen LogP contribution is 2.30. The molecule has 6 heteroatoms. The first-order valence-electron chi connectivity index (χ1n) is 9.42. The highest BCUT2D eigenvalue weighted by Gasteiger charge is 2.29. The molecular formula is C22H22N4O2. The fraction of sp³-hybridized carbons (Fsp3) is 0.227. The monoisotopic (exact) mass is 374 g/mol. The lowest BCUT2D eigenvalue weighted by Crippen LogP contribution is -2.26. The van der Waals surface area contributed by atoms with Crippen LogP contribution >= 0.6 is 0 Å². The van der Waals surface area contributed by atoms with Crippen LogP contribution in [0.25, 0.3) is 5.69 Å². The van der Waals surface area contributed by atoms with Crippen molar-refractivity contribution in [2.75, 3.05) is 5.32 Å². The average Bonchev–Trinajstić information content (AvgIpc) is 3.45. The van der Waals surface area contributed by atoms with Gasteiger partial charge in [-0.3, -0.25) is 9.59 Å². The van der Waals surface area contributed by atoms with Crippen LogP contribution in [0, 0.1) is 5.92 Å². The Morgan fingerprint density at radius 2 is 1.79 bits per heavy atom. The van der Waals surface area contributed by atoms with Crippen molar-refractivity contribution >= 4 is 17.5 Å². The van der Waals surface area contributed by atoms with Crippen LogP contribution in [0.5, 0.6) is 0 Å². The summed E-state index contributed by atoms with van der Waals surface area (Å²) >= 11 is 0. The molecule has 3 aromatic rings. The number of hydrogen-bond acceptors (Lipinski definition) is 3. The van der Waals surface area contributed by atoms with Crippen LogP contribution in [0.1, 0.15) is 41.7 Å². The Hall–Kier alpha value is -3.41. The first kappa shape index (κ1) is 18.0. The number of rotatable bonds is 6. The summed E-state index contributed by atoms with van der Waals surface area (Å²) in [6.45, 7) is 1.93. The molecule has 1 unspecified atom stereocenters. The minimum Gasteiger partial charge on any atom is -0.345 e. The molecular weight excluding hydrogens is 352 g/mol. The van der Waals surface area contributed by atoms with Crippen molar-refractivity contribution in [3.8, 4) is 5.69 Å². The Kier molecular flexibility index (Phi) is 4.93. The zero-order chi connectivity index (χ0) is 19.5. The highest BCUT2D eigenvalue weighted by molar-refractivity contribution is 5.94. The maximum atomic E-state index is 12.5. The number of nitrogens with one attached hydrogen (secondary N) is 2. The number of benzene rings is 2. The lowest BCUT2D eigenvalue weighted by atomic mass is 10.1. The predicted molar refractivity (Wildman–Crippen MR) is 107 cm³/mol. The zero-order valence-corrected chi connectivity index (χ0v) is 15.6. The van der Waals surface area contributed by atoms with E-state index >= 15 is 0 Å². The molecule has 0 spiro atoms. The van der Waals surface area contributed by atoms with Gasteiger partial charge in [0.2, 0.25) is 5.91 Å². The third-order valence-corrected chi connectivity index (χ3v) is 4.84. The first-order valence-corrected chi connectivity index (χ1v) is 9.42. The summed E-state index contributed by atoms with van der Waals surface area (Å²) in [5, 5.41) is 10.2. The lowest BCUT2D eigenvalue weighted by molar-refractivity contribution is -0.117. The number of aromatic nitrogens is 2. The van der Waals surface area contributed by atoms with Crippen LogP contribution in [-0.2, 0) is 4.79 Å². The van der Waals surface area contributed by atoms with E-state index in [9.17, 15) is 9.59 Å². The topological polar surface area (TPSA) is 76.0 Å². The number of amides is 2. The van der Waals surface area contributed by atoms with E-state index in [2.05, 4.69) is 15.7 Å². The lowest BCUT2D eigenvalue weighted by Gasteiger charge is -2.14. The minimum absolute atomic E-state index is 0.0875. The van der Waals surface area contributed by atoms with Crippen molar-refractivity contribution in [2.24, 2.45) is 5.92 Å². The maximum Gasteiger partial charge on any atom is 0.254 e. The summed E-state index contributed by atoms with van der Waals surface area (Å²) in [6, 6.07) is 17.1. The van der Waals surface area contributed by atoms with E-state index in [1.807, 2.05) is 61.5 Å². The number of carbonyl (C=O) groups is 2. The molecule has 2 amide bonds. The summed E-state index contributed by atoms with van der Waals surface area (Å²) in [5.41, 5.74) is 3.15. The van der Waals surface area contributed by atoms with Gasteiger partial charge in [-0.1, -0.05) is 30.3 Å². The summed E-state index contributed by atoms with van der Waals surface area (Å²) in [7, 11) is 0. The average molecular weight is 374 g/mol. The van der Waals surface area contributed by atoms with E-state index in [1.165, 1.54) is 0 Å². The van der Waals surface area contributed by atoms with E-state index in [-0.39, 0.29) is 23.8 Å². The Labute approximate surface area is 163 Å². The van der Waals surface area contributed by atoms with Crippen LogP contribution < -0.4 is 10.6 Å². The molecule has 4 rings (SSSR count). The van der Waals surface area contributed by atoms with Gasteiger partial charge in [0, 0.05) is 17.8 Å². The van der Waals surface area contributed by atoms with Gasteiger partial charge < -0.3 is 10.6 Å². The van der Waals surface area contributed by atoms with Crippen molar-refractivity contribution in [1.82, 2.24) is 15.1 Å². The molecule has 28 heavy (non-hydrogen) atoms. The number of carbonyl (C=O) groups excluding carboxylic acids is 2. The number of nitrogens with zero attached hydrogens (tertiary/aromatic N) is 2. The van der Waals surface area contributed by atoms with Crippen molar-refractivity contribution in [3.05, 3.63) is 78.1 Å². The molecule has 0 saturated heterocycles. The Morgan fingerprint density at radius 1 is 1.07 bits per heavy atom. The Balaban J connectivity index is 1.37. The van der Waals surface area contributed by atoms with E-state index in [4.69, 9.17) is 0 Å². The highest BCUT2D eigenvalue weighted by atomic mass is 16.2. The molecule has 1 aromatic heterocycles. The fourth-order valence-electron chi connectivity index (χ4n) is 2.97. The second-order valence-corrected chi connectivity index (χ2v) is 7.09. The van der Waals surface area contributed by atoms with Gasteiger partial charge in [-0.15, -0.1) is 0 Å². The van der Waals surface area contributed by atoms with Crippen molar-refractivity contribution in [1.29, 1.82) is 0 Å². The van der Waals surface area contributed by atoms with Crippen LogP contribution in [0.15, 0.2) is 67.0 Å². The van der Waals surface area contributed by atoms with Crippen molar-refractivity contribution in [3.63, 3.8) is 0 Å². The van der Waals surface area contributed by atoms with E-state index < -0.39 is 0 Å². The largest absolute Gasteiger partial charge is 0.345 e. The quantitative estimate of drug-likeness (QED) is 0.691. The zero-order valence-electron chi connectivity index (χ0n) is 15.6. The van der Waals surface area contributed by atoms with Crippen molar-refractivity contribution < 1.29 is 9.59 Å². The summed E-state index contributed by atoms with van der Waals surface area (Å²) in [6.07, 6.45) is 5.24. The van der Waals surface area contributed by atoms with Gasteiger partial charge in [0.15, 0.2) is 0 Å². The van der Waals surface area contributed by atoms with Crippen LogP contribution in [0.2, 0.25) is 0 Å². The van der Waals surface area contributed by atoms with Gasteiger partial charge in [0.25, 0.3) is 5.91 Å². The van der Waals surface area contributed by atoms with E-state index in [0.29, 0.717) is 5.56 Å². The maximum absolute atomic E-state index is 12.5. The molecule has 0 bridgehead atoms. The number of anilines is 1. The molecule has 2 N–H and O–H groups in total. The minimum atomic E-state index is -0.180. The van der Waals surface area contributed by atoms with Gasteiger partial charge in [0.1, 0.15) is 0 Å². The molecule has 0 radical (unpaired) electrons. The summed E-state index contributed by atoms with van der Waals surface area (Å²) in [4.78, 5) is 24.4.